The molecule has 1 aromatic heterocycles. The molecule has 1 aliphatic rings. The van der Waals surface area contributed by atoms with Crippen LogP contribution in [0.3, 0.4) is 0 Å². The first-order valence-corrected chi connectivity index (χ1v) is 10.7. The molecule has 0 saturated carbocycles. The normalized spacial score (nSPS) is 15.1. The zero-order valence-corrected chi connectivity index (χ0v) is 18.5. The first kappa shape index (κ1) is 23.5. The lowest BCUT2D eigenvalue weighted by atomic mass is 10.1. The van der Waals surface area contributed by atoms with E-state index in [0.29, 0.717) is 5.56 Å². The standard InChI is InChI=1S/C24H23F3N6O/c1-31-6-8-32(9-7-31)14-17-2-4-18(5-3-17)23(34)30-20-10-19(24(25,26)27)11-22(12-20)33-15-21(13-28)29-16-33/h2-5,10-12,15-16H,6-9,14H2,1H3,(H,30,34). The number of benzene rings is 2. The number of carbonyl (C=O) groups excluding carboxylic acids is 1. The number of rotatable bonds is 5. The second-order valence-electron chi connectivity index (χ2n) is 8.27. The van der Waals surface area contributed by atoms with Gasteiger partial charge >= 0.3 is 6.18 Å². The Bertz CT molecular complexity index is 1200. The molecule has 3 aromatic rings. The Hall–Kier alpha value is -3.68. The molecular formula is C24H23F3N6O. The number of hydrogen-bond acceptors (Lipinski definition) is 5. The van der Waals surface area contributed by atoms with Crippen LogP contribution in [0.4, 0.5) is 18.9 Å². The summed E-state index contributed by atoms with van der Waals surface area (Å²) in [5.41, 5.74) is 0.672. The number of alkyl halides is 3. The zero-order chi connectivity index (χ0) is 24.3. The molecule has 2 aromatic carbocycles. The maximum absolute atomic E-state index is 13.5. The molecule has 2 heterocycles. The molecule has 0 radical (unpaired) electrons. The Kier molecular flexibility index (Phi) is 6.68. The van der Waals surface area contributed by atoms with Crippen molar-refractivity contribution < 1.29 is 18.0 Å². The number of hydrogen-bond donors (Lipinski definition) is 1. The lowest BCUT2D eigenvalue weighted by Crippen LogP contribution is -2.43. The quantitative estimate of drug-likeness (QED) is 0.617. The maximum Gasteiger partial charge on any atom is 0.416 e. The molecular weight excluding hydrogens is 445 g/mol. The van der Waals surface area contributed by atoms with Gasteiger partial charge < -0.3 is 14.8 Å². The van der Waals surface area contributed by atoms with Gasteiger partial charge in [0.05, 0.1) is 5.56 Å². The molecule has 0 atom stereocenters. The smallest absolute Gasteiger partial charge is 0.322 e. The maximum atomic E-state index is 13.5. The number of likely N-dealkylation sites (N-methyl/N-ethyl adjacent to an activating group) is 1. The number of nitriles is 1. The van der Waals surface area contributed by atoms with E-state index in [0.717, 1.165) is 50.4 Å². The van der Waals surface area contributed by atoms with E-state index in [9.17, 15) is 18.0 Å². The highest BCUT2D eigenvalue weighted by molar-refractivity contribution is 6.04. The second-order valence-corrected chi connectivity index (χ2v) is 8.27. The van der Waals surface area contributed by atoms with Crippen LogP contribution in [-0.4, -0.2) is 58.5 Å². The van der Waals surface area contributed by atoms with Crippen molar-refractivity contribution in [2.45, 2.75) is 12.7 Å². The number of imidazole rings is 1. The SMILES string of the molecule is CN1CCN(Cc2ccc(C(=O)Nc3cc(-n4cnc(C#N)c4)cc(C(F)(F)F)c3)cc2)CC1. The number of piperazine rings is 1. The van der Waals surface area contributed by atoms with Crippen LogP contribution < -0.4 is 5.32 Å². The summed E-state index contributed by atoms with van der Waals surface area (Å²) in [5, 5.41) is 11.5. The van der Waals surface area contributed by atoms with E-state index in [1.165, 1.54) is 23.2 Å². The van der Waals surface area contributed by atoms with Gasteiger partial charge in [-0.25, -0.2) is 4.98 Å². The summed E-state index contributed by atoms with van der Waals surface area (Å²) in [6.07, 6.45) is -2.04. The van der Waals surface area contributed by atoms with Crippen molar-refractivity contribution in [1.82, 2.24) is 19.4 Å². The first-order chi connectivity index (χ1) is 16.2. The minimum Gasteiger partial charge on any atom is -0.322 e. The third kappa shape index (κ3) is 5.62. The molecule has 0 unspecified atom stereocenters. The molecule has 7 nitrogen and oxygen atoms in total. The third-order valence-corrected chi connectivity index (χ3v) is 5.72. The van der Waals surface area contributed by atoms with Crippen molar-refractivity contribution in [2.24, 2.45) is 0 Å². The Labute approximate surface area is 195 Å². The van der Waals surface area contributed by atoms with Crippen LogP contribution in [0.15, 0.2) is 55.0 Å². The summed E-state index contributed by atoms with van der Waals surface area (Å²) >= 11 is 0. The third-order valence-electron chi connectivity index (χ3n) is 5.72. The fraction of sp³-hybridized carbons (Fsp3) is 0.292. The van der Waals surface area contributed by atoms with Crippen molar-refractivity contribution in [3.8, 4) is 11.8 Å². The fourth-order valence-electron chi connectivity index (χ4n) is 3.75. The summed E-state index contributed by atoms with van der Waals surface area (Å²) in [5.74, 6) is -0.514. The average Bonchev–Trinajstić information content (AvgIpc) is 3.30. The molecule has 0 bridgehead atoms. The van der Waals surface area contributed by atoms with Crippen LogP contribution >= 0.6 is 0 Å². The lowest BCUT2D eigenvalue weighted by Gasteiger charge is -2.32. The summed E-state index contributed by atoms with van der Waals surface area (Å²) in [6.45, 7) is 4.75. The largest absolute Gasteiger partial charge is 0.416 e. The molecule has 10 heteroatoms. The highest BCUT2D eigenvalue weighted by Gasteiger charge is 2.31. The van der Waals surface area contributed by atoms with Crippen LogP contribution in [0.25, 0.3) is 5.69 Å². The van der Waals surface area contributed by atoms with Crippen molar-refractivity contribution in [2.75, 3.05) is 38.5 Å². The summed E-state index contributed by atoms with van der Waals surface area (Å²) in [4.78, 5) is 21.2. The molecule has 4 rings (SSSR count). The highest BCUT2D eigenvalue weighted by Crippen LogP contribution is 2.33. The first-order valence-electron chi connectivity index (χ1n) is 10.7. The van der Waals surface area contributed by atoms with Gasteiger partial charge in [0.1, 0.15) is 12.4 Å². The minimum absolute atomic E-state index is 0.0106. The van der Waals surface area contributed by atoms with Crippen molar-refractivity contribution in [3.63, 3.8) is 0 Å². The predicted molar refractivity (Wildman–Crippen MR) is 120 cm³/mol. The average molecular weight is 468 g/mol. The van der Waals surface area contributed by atoms with E-state index < -0.39 is 17.6 Å². The summed E-state index contributed by atoms with van der Waals surface area (Å²) < 4.78 is 41.7. The number of nitrogens with one attached hydrogen (secondary N) is 1. The van der Waals surface area contributed by atoms with E-state index >= 15 is 0 Å². The van der Waals surface area contributed by atoms with Crippen LogP contribution in [0.1, 0.15) is 27.2 Å². The number of nitrogens with zero attached hydrogens (tertiary/aromatic N) is 5. The van der Waals surface area contributed by atoms with Gasteiger partial charge in [-0.2, -0.15) is 18.4 Å². The predicted octanol–water partition coefficient (Wildman–Crippen LogP) is 3.76. The molecule has 176 valence electrons. The van der Waals surface area contributed by atoms with Crippen molar-refractivity contribution in [3.05, 3.63) is 77.4 Å². The zero-order valence-electron chi connectivity index (χ0n) is 18.5. The summed E-state index contributed by atoms with van der Waals surface area (Å²) in [6, 6.07) is 12.1. The fourth-order valence-corrected chi connectivity index (χ4v) is 3.75. The van der Waals surface area contributed by atoms with Gasteiger partial charge in [0.2, 0.25) is 0 Å². The van der Waals surface area contributed by atoms with E-state index in [4.69, 9.17) is 5.26 Å². The van der Waals surface area contributed by atoms with Gasteiger partial charge in [-0.05, 0) is 42.9 Å². The number of amides is 1. The van der Waals surface area contributed by atoms with Crippen molar-refractivity contribution >= 4 is 11.6 Å². The van der Waals surface area contributed by atoms with E-state index in [-0.39, 0.29) is 17.1 Å². The Morgan fingerprint density at radius 3 is 2.44 bits per heavy atom. The minimum atomic E-state index is -4.61. The van der Waals surface area contributed by atoms with Crippen LogP contribution in [-0.2, 0) is 12.7 Å². The lowest BCUT2D eigenvalue weighted by molar-refractivity contribution is -0.137. The molecule has 34 heavy (non-hydrogen) atoms. The molecule has 0 aliphatic carbocycles. The van der Waals surface area contributed by atoms with Gasteiger partial charge in [-0.15, -0.1) is 0 Å². The second kappa shape index (κ2) is 9.67. The van der Waals surface area contributed by atoms with E-state index in [1.54, 1.807) is 12.1 Å². The molecule has 1 amide bonds. The number of anilines is 1. The monoisotopic (exact) mass is 468 g/mol. The van der Waals surface area contributed by atoms with Crippen molar-refractivity contribution in [1.29, 1.82) is 5.26 Å². The van der Waals surface area contributed by atoms with E-state index in [2.05, 4.69) is 27.1 Å². The van der Waals surface area contributed by atoms with Crippen LogP contribution in [0.2, 0.25) is 0 Å². The molecule has 1 N–H and O–H groups in total. The van der Waals surface area contributed by atoms with E-state index in [1.807, 2.05) is 18.2 Å². The highest BCUT2D eigenvalue weighted by atomic mass is 19.4. The van der Waals surface area contributed by atoms with Crippen LogP contribution in [0.5, 0.6) is 0 Å². The Balaban J connectivity index is 1.50. The Morgan fingerprint density at radius 2 is 1.82 bits per heavy atom. The topological polar surface area (TPSA) is 77.2 Å². The molecule has 1 aliphatic heterocycles. The Morgan fingerprint density at radius 1 is 1.12 bits per heavy atom. The van der Waals surface area contributed by atoms with Gasteiger partial charge in [0, 0.05) is 55.9 Å². The number of halogens is 3. The summed E-state index contributed by atoms with van der Waals surface area (Å²) in [7, 11) is 2.09. The van der Waals surface area contributed by atoms with Crippen LogP contribution in [0, 0.1) is 11.3 Å². The van der Waals surface area contributed by atoms with Gasteiger partial charge in [0.15, 0.2) is 5.69 Å². The molecule has 1 saturated heterocycles. The van der Waals surface area contributed by atoms with Gasteiger partial charge in [0.25, 0.3) is 5.91 Å². The van der Waals surface area contributed by atoms with Gasteiger partial charge in [-0.3, -0.25) is 9.69 Å². The number of carbonyl (C=O) groups is 1. The molecule has 0 spiro atoms. The van der Waals surface area contributed by atoms with Gasteiger partial charge in [-0.1, -0.05) is 12.1 Å². The molecule has 1 fully saturated rings. The number of aromatic nitrogens is 2.